The molecular weight excluding hydrogens is 392 g/mol. The molecule has 3 aromatic rings. The molecule has 1 saturated heterocycles. The molecule has 156 valence electrons. The Labute approximate surface area is 179 Å². The minimum atomic E-state index is -1.15. The summed E-state index contributed by atoms with van der Waals surface area (Å²) in [7, 11) is 0. The van der Waals surface area contributed by atoms with E-state index in [1.54, 1.807) is 16.0 Å². The van der Waals surface area contributed by atoms with Gasteiger partial charge in [0.05, 0.1) is 5.56 Å². The molecule has 1 saturated carbocycles. The quantitative estimate of drug-likeness (QED) is 0.688. The van der Waals surface area contributed by atoms with Crippen LogP contribution >= 0.6 is 0 Å². The van der Waals surface area contributed by atoms with Gasteiger partial charge >= 0.3 is 0 Å². The number of nitrogens with one attached hydrogen (secondary N) is 1. The third-order valence-electron chi connectivity index (χ3n) is 6.24. The highest BCUT2D eigenvalue weighted by molar-refractivity contribution is 5.95. The number of rotatable bonds is 3. The molecule has 1 aromatic heterocycles. The molecule has 2 N–H and O–H groups in total. The van der Waals surface area contributed by atoms with Crippen LogP contribution in [0.15, 0.2) is 48.7 Å². The Balaban J connectivity index is 1.26. The summed E-state index contributed by atoms with van der Waals surface area (Å²) in [6, 6.07) is 15.6. The van der Waals surface area contributed by atoms with Crippen molar-refractivity contribution < 1.29 is 14.7 Å². The number of H-pyrrole nitrogens is 1. The minimum absolute atomic E-state index is 0.0535. The molecule has 7 nitrogen and oxygen atoms in total. The van der Waals surface area contributed by atoms with E-state index in [4.69, 9.17) is 5.26 Å². The fourth-order valence-electron chi connectivity index (χ4n) is 4.13. The maximum Gasteiger partial charge on any atom is 0.254 e. The zero-order valence-electron chi connectivity index (χ0n) is 17.0. The maximum atomic E-state index is 12.9. The number of carbonyl (C=O) groups is 2. The van der Waals surface area contributed by atoms with Crippen molar-refractivity contribution >= 4 is 22.7 Å². The fraction of sp³-hybridized carbons (Fsp3) is 0.292. The molecule has 1 aliphatic carbocycles. The Morgan fingerprint density at radius 3 is 2.26 bits per heavy atom. The van der Waals surface area contributed by atoms with E-state index in [1.165, 1.54) is 0 Å². The van der Waals surface area contributed by atoms with Crippen LogP contribution < -0.4 is 0 Å². The first-order chi connectivity index (χ1) is 15.0. The molecule has 0 atom stereocenters. The van der Waals surface area contributed by atoms with Gasteiger partial charge in [0.1, 0.15) is 11.7 Å². The summed E-state index contributed by atoms with van der Waals surface area (Å²) in [6.45, 7) is 1.83. The van der Waals surface area contributed by atoms with E-state index in [0.717, 1.165) is 22.0 Å². The summed E-state index contributed by atoms with van der Waals surface area (Å²) in [6.07, 6.45) is 2.77. The van der Waals surface area contributed by atoms with Gasteiger partial charge in [0.25, 0.3) is 11.8 Å². The van der Waals surface area contributed by atoms with E-state index < -0.39 is 5.60 Å². The van der Waals surface area contributed by atoms with Gasteiger partial charge in [-0.1, -0.05) is 24.3 Å². The van der Waals surface area contributed by atoms with Crippen molar-refractivity contribution in [3.63, 3.8) is 0 Å². The lowest BCUT2D eigenvalue weighted by Crippen LogP contribution is -2.53. The van der Waals surface area contributed by atoms with Crippen LogP contribution in [0.5, 0.6) is 0 Å². The predicted molar refractivity (Wildman–Crippen MR) is 115 cm³/mol. The number of benzene rings is 2. The van der Waals surface area contributed by atoms with Crippen LogP contribution in [0.4, 0.5) is 0 Å². The lowest BCUT2D eigenvalue weighted by atomic mass is 10.0. The van der Waals surface area contributed by atoms with E-state index in [-0.39, 0.29) is 11.8 Å². The molecular formula is C24H22N4O3. The normalized spacial score (nSPS) is 17.4. The number of aromatic nitrogens is 1. The Hall–Kier alpha value is -3.63. The van der Waals surface area contributed by atoms with Gasteiger partial charge < -0.3 is 19.9 Å². The second kappa shape index (κ2) is 7.25. The molecule has 5 rings (SSSR count). The monoisotopic (exact) mass is 414 g/mol. The Kier molecular flexibility index (Phi) is 4.53. The summed E-state index contributed by atoms with van der Waals surface area (Å²) in [5.41, 5.74) is 2.97. The average molecular weight is 414 g/mol. The zero-order chi connectivity index (χ0) is 21.6. The largest absolute Gasteiger partial charge is 0.380 e. The van der Waals surface area contributed by atoms with Crippen LogP contribution in [0.1, 0.15) is 28.8 Å². The number of nitrogens with zero attached hydrogens (tertiary/aromatic N) is 3. The first-order valence-electron chi connectivity index (χ1n) is 10.4. The van der Waals surface area contributed by atoms with Gasteiger partial charge in [-0.15, -0.1) is 0 Å². The molecule has 0 spiro atoms. The van der Waals surface area contributed by atoms with Crippen molar-refractivity contribution in [1.29, 1.82) is 5.26 Å². The van der Waals surface area contributed by atoms with E-state index in [1.807, 2.05) is 42.5 Å². The molecule has 7 heteroatoms. The number of hydrogen-bond acceptors (Lipinski definition) is 4. The van der Waals surface area contributed by atoms with Gasteiger partial charge in [-0.2, -0.15) is 5.26 Å². The first kappa shape index (κ1) is 19.3. The van der Waals surface area contributed by atoms with E-state index in [2.05, 4.69) is 11.1 Å². The lowest BCUT2D eigenvalue weighted by molar-refractivity contribution is -0.143. The predicted octanol–water partition coefficient (Wildman–Crippen LogP) is 2.52. The second-order valence-electron chi connectivity index (χ2n) is 8.27. The highest BCUT2D eigenvalue weighted by atomic mass is 16.3. The molecule has 2 aliphatic rings. The number of carbonyl (C=O) groups excluding carboxylic acids is 2. The van der Waals surface area contributed by atoms with Gasteiger partial charge in [-0.05, 0) is 42.2 Å². The molecule has 2 amide bonds. The number of aromatic amines is 1. The topological polar surface area (TPSA) is 100 Å². The smallest absolute Gasteiger partial charge is 0.254 e. The van der Waals surface area contributed by atoms with Crippen LogP contribution in [0.3, 0.4) is 0 Å². The van der Waals surface area contributed by atoms with Crippen LogP contribution in [0.2, 0.25) is 0 Å². The van der Waals surface area contributed by atoms with E-state index in [0.29, 0.717) is 50.1 Å². The van der Waals surface area contributed by atoms with Crippen molar-refractivity contribution in [3.05, 3.63) is 59.8 Å². The van der Waals surface area contributed by atoms with Crippen molar-refractivity contribution in [2.24, 2.45) is 0 Å². The third-order valence-corrected chi connectivity index (χ3v) is 6.24. The molecule has 2 fully saturated rings. The first-order valence-corrected chi connectivity index (χ1v) is 10.4. The molecule has 0 unspecified atom stereocenters. The van der Waals surface area contributed by atoms with Gasteiger partial charge in [0, 0.05) is 48.8 Å². The summed E-state index contributed by atoms with van der Waals surface area (Å²) < 4.78 is 0. The number of piperazine rings is 1. The number of amides is 2. The summed E-state index contributed by atoms with van der Waals surface area (Å²) in [4.78, 5) is 31.7. The van der Waals surface area contributed by atoms with Crippen LogP contribution in [0.25, 0.3) is 22.0 Å². The molecule has 2 aromatic carbocycles. The second-order valence-corrected chi connectivity index (χ2v) is 8.27. The van der Waals surface area contributed by atoms with Crippen LogP contribution in [-0.2, 0) is 4.79 Å². The molecule has 0 radical (unpaired) electrons. The Morgan fingerprint density at radius 1 is 0.968 bits per heavy atom. The zero-order valence-corrected chi connectivity index (χ0v) is 17.0. The summed E-state index contributed by atoms with van der Waals surface area (Å²) in [5, 5.41) is 20.0. The van der Waals surface area contributed by atoms with Crippen LogP contribution in [0, 0.1) is 11.3 Å². The number of fused-ring (bicyclic) bond motifs is 1. The number of nitriles is 1. The molecule has 0 bridgehead atoms. The van der Waals surface area contributed by atoms with Crippen molar-refractivity contribution in [2.45, 2.75) is 18.4 Å². The van der Waals surface area contributed by atoms with Gasteiger partial charge in [-0.3, -0.25) is 9.59 Å². The standard InChI is InChI=1S/C24H22N4O3/c25-14-19-15-26-21-13-18(5-6-20(19)21)16-1-3-17(4-2-16)22(29)27-9-11-28(12-10-27)23(30)24(31)7-8-24/h1-6,13,15,26,31H,7-12H2. The fourth-order valence-corrected chi connectivity index (χ4v) is 4.13. The molecule has 1 aliphatic heterocycles. The maximum absolute atomic E-state index is 12.9. The van der Waals surface area contributed by atoms with Crippen molar-refractivity contribution in [3.8, 4) is 17.2 Å². The van der Waals surface area contributed by atoms with Crippen molar-refractivity contribution in [2.75, 3.05) is 26.2 Å². The third kappa shape index (κ3) is 3.45. The van der Waals surface area contributed by atoms with Crippen LogP contribution in [-0.4, -0.2) is 63.5 Å². The number of aliphatic hydroxyl groups is 1. The van der Waals surface area contributed by atoms with Gasteiger partial charge in [0.2, 0.25) is 0 Å². The summed E-state index contributed by atoms with van der Waals surface area (Å²) in [5.74, 6) is -0.257. The summed E-state index contributed by atoms with van der Waals surface area (Å²) >= 11 is 0. The molecule has 2 heterocycles. The minimum Gasteiger partial charge on any atom is -0.380 e. The van der Waals surface area contributed by atoms with E-state index >= 15 is 0 Å². The van der Waals surface area contributed by atoms with E-state index in [9.17, 15) is 14.7 Å². The average Bonchev–Trinajstić information content (AvgIpc) is 3.44. The highest BCUT2D eigenvalue weighted by Gasteiger charge is 2.50. The Bertz CT molecular complexity index is 1210. The van der Waals surface area contributed by atoms with Gasteiger partial charge in [-0.25, -0.2) is 0 Å². The number of hydrogen-bond donors (Lipinski definition) is 2. The van der Waals surface area contributed by atoms with Gasteiger partial charge in [0.15, 0.2) is 0 Å². The lowest BCUT2D eigenvalue weighted by Gasteiger charge is -2.35. The Morgan fingerprint density at radius 2 is 1.61 bits per heavy atom. The highest BCUT2D eigenvalue weighted by Crippen LogP contribution is 2.37. The molecule has 31 heavy (non-hydrogen) atoms. The SMILES string of the molecule is N#Cc1c[nH]c2cc(-c3ccc(C(=O)N4CCN(C(=O)C5(O)CC5)CC4)cc3)ccc12. The van der Waals surface area contributed by atoms with Crippen molar-refractivity contribution in [1.82, 2.24) is 14.8 Å².